The van der Waals surface area contributed by atoms with Crippen molar-refractivity contribution >= 4 is 17.2 Å². The lowest BCUT2D eigenvalue weighted by Crippen LogP contribution is -2.61. The van der Waals surface area contributed by atoms with E-state index >= 15 is 0 Å². The van der Waals surface area contributed by atoms with Crippen LogP contribution < -0.4 is 15.4 Å². The summed E-state index contributed by atoms with van der Waals surface area (Å²) in [5, 5.41) is 4.33. The number of nitrogens with zero attached hydrogens (tertiary/aromatic N) is 4. The standard InChI is InChI=1S/C21H25N5O2/c1-20(2,3)28-16-7-5-14(6-8-16)15-9-17-18(23-13-24-26(17)10-15)25-11-21(4,12-25)19(22)27/h5-10,13H,11-12H2,1-4H3,(H2,22,27). The molecule has 0 unspecified atom stereocenters. The molecule has 28 heavy (non-hydrogen) atoms. The Balaban J connectivity index is 1.61. The fraction of sp³-hybridized carbons (Fsp3) is 0.381. The highest BCUT2D eigenvalue weighted by Gasteiger charge is 2.45. The predicted octanol–water partition coefficient (Wildman–Crippen LogP) is 2.89. The molecule has 1 aliphatic rings. The van der Waals surface area contributed by atoms with Gasteiger partial charge in [-0.25, -0.2) is 9.50 Å². The van der Waals surface area contributed by atoms with Crippen LogP contribution in [0.15, 0.2) is 42.9 Å². The molecule has 1 saturated heterocycles. The summed E-state index contributed by atoms with van der Waals surface area (Å²) in [6, 6.07) is 10.1. The number of hydrogen-bond donors (Lipinski definition) is 1. The summed E-state index contributed by atoms with van der Waals surface area (Å²) in [4.78, 5) is 18.1. The van der Waals surface area contributed by atoms with Crippen molar-refractivity contribution < 1.29 is 9.53 Å². The van der Waals surface area contributed by atoms with Crippen LogP contribution in [0, 0.1) is 5.41 Å². The van der Waals surface area contributed by atoms with Crippen LogP contribution in [0.3, 0.4) is 0 Å². The fourth-order valence-corrected chi connectivity index (χ4v) is 3.49. The number of ether oxygens (including phenoxy) is 1. The molecular weight excluding hydrogens is 354 g/mol. The molecule has 0 saturated carbocycles. The second-order valence-electron chi connectivity index (χ2n) is 8.66. The van der Waals surface area contributed by atoms with Gasteiger partial charge in [0.15, 0.2) is 5.82 Å². The monoisotopic (exact) mass is 379 g/mol. The highest BCUT2D eigenvalue weighted by molar-refractivity contribution is 5.86. The van der Waals surface area contributed by atoms with Gasteiger partial charge in [-0.1, -0.05) is 12.1 Å². The first kappa shape index (κ1) is 18.3. The molecular formula is C21H25N5O2. The summed E-state index contributed by atoms with van der Waals surface area (Å²) in [7, 11) is 0. The Morgan fingerprint density at radius 2 is 1.86 bits per heavy atom. The number of carbonyl (C=O) groups excluding carboxylic acids is 1. The minimum Gasteiger partial charge on any atom is -0.488 e. The molecule has 146 valence electrons. The third-order valence-electron chi connectivity index (χ3n) is 4.97. The highest BCUT2D eigenvalue weighted by Crippen LogP contribution is 2.36. The van der Waals surface area contributed by atoms with Crippen molar-refractivity contribution in [3.8, 4) is 16.9 Å². The van der Waals surface area contributed by atoms with Crippen LogP contribution in [0.4, 0.5) is 5.82 Å². The number of fused-ring (bicyclic) bond motifs is 1. The van der Waals surface area contributed by atoms with E-state index in [1.165, 1.54) is 6.33 Å². The summed E-state index contributed by atoms with van der Waals surface area (Å²) >= 11 is 0. The van der Waals surface area contributed by atoms with Crippen molar-refractivity contribution in [1.29, 1.82) is 0 Å². The van der Waals surface area contributed by atoms with Gasteiger partial charge in [0, 0.05) is 24.8 Å². The van der Waals surface area contributed by atoms with Crippen LogP contribution >= 0.6 is 0 Å². The fourth-order valence-electron chi connectivity index (χ4n) is 3.49. The van der Waals surface area contributed by atoms with Gasteiger partial charge in [0.1, 0.15) is 23.2 Å². The minimum absolute atomic E-state index is 0.229. The van der Waals surface area contributed by atoms with Crippen LogP contribution in [0.1, 0.15) is 27.7 Å². The van der Waals surface area contributed by atoms with Gasteiger partial charge in [0.05, 0.1) is 5.41 Å². The Kier molecular flexibility index (Phi) is 4.06. The van der Waals surface area contributed by atoms with Gasteiger partial charge in [0.2, 0.25) is 5.91 Å². The van der Waals surface area contributed by atoms with Crippen molar-refractivity contribution in [2.75, 3.05) is 18.0 Å². The number of primary amides is 1. The first-order chi connectivity index (χ1) is 13.1. The molecule has 7 heteroatoms. The van der Waals surface area contributed by atoms with Crippen LogP contribution in [0.2, 0.25) is 0 Å². The van der Waals surface area contributed by atoms with Gasteiger partial charge in [-0.05, 0) is 51.5 Å². The van der Waals surface area contributed by atoms with Crippen molar-refractivity contribution in [3.05, 3.63) is 42.9 Å². The Hall–Kier alpha value is -3.09. The molecule has 0 spiro atoms. The average molecular weight is 379 g/mol. The number of amides is 1. The van der Waals surface area contributed by atoms with Gasteiger partial charge in [0.25, 0.3) is 0 Å². The van der Waals surface area contributed by atoms with E-state index in [1.54, 1.807) is 0 Å². The van der Waals surface area contributed by atoms with E-state index in [1.807, 2.05) is 62.7 Å². The molecule has 0 atom stereocenters. The first-order valence-corrected chi connectivity index (χ1v) is 9.32. The van der Waals surface area contributed by atoms with Crippen LogP contribution in [0.25, 0.3) is 16.6 Å². The molecule has 1 aliphatic heterocycles. The maximum absolute atomic E-state index is 11.6. The maximum Gasteiger partial charge on any atom is 0.226 e. The lowest BCUT2D eigenvalue weighted by atomic mass is 9.81. The van der Waals surface area contributed by atoms with Gasteiger partial charge < -0.3 is 15.4 Å². The second-order valence-corrected chi connectivity index (χ2v) is 8.66. The quantitative estimate of drug-likeness (QED) is 0.753. The molecule has 0 bridgehead atoms. The molecule has 1 aromatic carbocycles. The molecule has 0 radical (unpaired) electrons. The zero-order valence-corrected chi connectivity index (χ0v) is 16.6. The Morgan fingerprint density at radius 1 is 1.18 bits per heavy atom. The van der Waals surface area contributed by atoms with E-state index < -0.39 is 5.41 Å². The number of carbonyl (C=O) groups is 1. The zero-order valence-electron chi connectivity index (χ0n) is 16.6. The average Bonchev–Trinajstić information content (AvgIpc) is 3.02. The second kappa shape index (κ2) is 6.22. The van der Waals surface area contributed by atoms with E-state index in [0.717, 1.165) is 28.2 Å². The normalized spacial score (nSPS) is 16.1. The van der Waals surface area contributed by atoms with Gasteiger partial charge in [-0.3, -0.25) is 4.79 Å². The summed E-state index contributed by atoms with van der Waals surface area (Å²) in [6.45, 7) is 9.10. The summed E-state index contributed by atoms with van der Waals surface area (Å²) < 4.78 is 7.71. The number of anilines is 1. The summed E-state index contributed by atoms with van der Waals surface area (Å²) in [5.41, 5.74) is 7.79. The third-order valence-corrected chi connectivity index (χ3v) is 4.97. The molecule has 7 nitrogen and oxygen atoms in total. The first-order valence-electron chi connectivity index (χ1n) is 9.32. The maximum atomic E-state index is 11.6. The van der Waals surface area contributed by atoms with E-state index in [0.29, 0.717) is 13.1 Å². The molecule has 3 heterocycles. The molecule has 1 fully saturated rings. The minimum atomic E-state index is -0.500. The largest absolute Gasteiger partial charge is 0.488 e. The Bertz CT molecular complexity index is 1030. The predicted molar refractivity (Wildman–Crippen MR) is 108 cm³/mol. The number of benzene rings is 1. The molecule has 0 aliphatic carbocycles. The van der Waals surface area contributed by atoms with E-state index in [2.05, 4.69) is 21.0 Å². The summed E-state index contributed by atoms with van der Waals surface area (Å²) in [6.07, 6.45) is 3.51. The summed E-state index contributed by atoms with van der Waals surface area (Å²) in [5.74, 6) is 1.38. The number of rotatable bonds is 4. The van der Waals surface area contributed by atoms with Gasteiger partial charge in [-0.15, -0.1) is 0 Å². The van der Waals surface area contributed by atoms with Crippen molar-refractivity contribution in [2.24, 2.45) is 11.1 Å². The molecule has 4 rings (SSSR count). The molecule has 2 aromatic heterocycles. The number of aromatic nitrogens is 3. The number of nitrogens with two attached hydrogens (primary N) is 1. The molecule has 1 amide bonds. The Labute approximate surface area is 164 Å². The van der Waals surface area contributed by atoms with Crippen LogP contribution in [-0.4, -0.2) is 39.2 Å². The smallest absolute Gasteiger partial charge is 0.226 e. The lowest BCUT2D eigenvalue weighted by Gasteiger charge is -2.46. The lowest BCUT2D eigenvalue weighted by molar-refractivity contribution is -0.128. The van der Waals surface area contributed by atoms with Crippen LogP contribution in [-0.2, 0) is 4.79 Å². The van der Waals surface area contributed by atoms with Gasteiger partial charge in [-0.2, -0.15) is 5.10 Å². The molecule has 2 N–H and O–H groups in total. The van der Waals surface area contributed by atoms with Crippen molar-refractivity contribution in [2.45, 2.75) is 33.3 Å². The topological polar surface area (TPSA) is 85.8 Å². The van der Waals surface area contributed by atoms with Crippen LogP contribution in [0.5, 0.6) is 5.75 Å². The van der Waals surface area contributed by atoms with E-state index in [9.17, 15) is 4.79 Å². The zero-order chi connectivity index (χ0) is 20.1. The van der Waals surface area contributed by atoms with Gasteiger partial charge >= 0.3 is 0 Å². The molecule has 3 aromatic rings. The SMILES string of the molecule is CC(C)(C)Oc1ccc(-c2cc3c(N4CC(C)(C(N)=O)C4)ncnn3c2)cc1. The van der Waals surface area contributed by atoms with Crippen molar-refractivity contribution in [1.82, 2.24) is 14.6 Å². The third kappa shape index (κ3) is 3.28. The van der Waals surface area contributed by atoms with Crippen molar-refractivity contribution in [3.63, 3.8) is 0 Å². The Morgan fingerprint density at radius 3 is 2.46 bits per heavy atom. The van der Waals surface area contributed by atoms with E-state index in [4.69, 9.17) is 10.5 Å². The highest BCUT2D eigenvalue weighted by atomic mass is 16.5. The number of hydrogen-bond acceptors (Lipinski definition) is 5. The van der Waals surface area contributed by atoms with E-state index in [-0.39, 0.29) is 11.5 Å².